The van der Waals surface area contributed by atoms with Crippen LogP contribution in [0.25, 0.3) is 27.4 Å². The highest BCUT2D eigenvalue weighted by Gasteiger charge is 2.19. The van der Waals surface area contributed by atoms with Gasteiger partial charge in [-0.1, -0.05) is 12.1 Å². The van der Waals surface area contributed by atoms with Gasteiger partial charge in [0, 0.05) is 17.9 Å². The first-order valence-corrected chi connectivity index (χ1v) is 14.8. The molecule has 0 bridgehead atoms. The Labute approximate surface area is 251 Å². The summed E-state index contributed by atoms with van der Waals surface area (Å²) in [4.78, 5) is 21.7. The van der Waals surface area contributed by atoms with E-state index >= 15 is 0 Å². The molecule has 2 aromatic carbocycles. The molecule has 0 radical (unpaired) electrons. The number of thioether (sulfide) groups is 1. The Hall–Kier alpha value is -4.29. The number of rotatable bonds is 11. The van der Waals surface area contributed by atoms with Crippen molar-refractivity contribution < 1.29 is 28.2 Å². The zero-order valence-corrected chi connectivity index (χ0v) is 25.5. The molecule has 3 aromatic heterocycles. The molecule has 0 N–H and O–H groups in total. The van der Waals surface area contributed by atoms with Gasteiger partial charge in [-0.05, 0) is 68.0 Å². The summed E-state index contributed by atoms with van der Waals surface area (Å²) >= 11 is 2.90. The van der Waals surface area contributed by atoms with Crippen LogP contribution in [0.5, 0.6) is 16.7 Å². The molecular formula is C30H30N4O6S2. The number of imidazole rings is 1. The van der Waals surface area contributed by atoms with Crippen molar-refractivity contribution in [1.82, 2.24) is 14.6 Å². The number of carbonyl (C=O) groups is 1. The molecular weight excluding hydrogens is 576 g/mol. The lowest BCUT2D eigenvalue weighted by molar-refractivity contribution is 0.00695. The van der Waals surface area contributed by atoms with Gasteiger partial charge in [-0.2, -0.15) is 0 Å². The quantitative estimate of drug-likeness (QED) is 0.116. The number of aromatic nitrogens is 3. The largest absolute Gasteiger partial charge is 0.496 e. The number of ether oxygens (including phenoxy) is 4. The van der Waals surface area contributed by atoms with Crippen LogP contribution < -0.4 is 14.2 Å². The monoisotopic (exact) mass is 606 g/mol. The number of benzene rings is 2. The van der Waals surface area contributed by atoms with Crippen molar-refractivity contribution in [2.24, 2.45) is 4.99 Å². The van der Waals surface area contributed by atoms with E-state index in [-0.39, 0.29) is 12.6 Å². The first-order valence-electron chi connectivity index (χ1n) is 12.9. The smallest absolute Gasteiger partial charge is 0.338 e. The van der Waals surface area contributed by atoms with Crippen molar-refractivity contribution in [1.29, 1.82) is 0 Å². The van der Waals surface area contributed by atoms with Crippen LogP contribution in [-0.2, 0) is 10.5 Å². The van der Waals surface area contributed by atoms with Crippen LogP contribution in [0.3, 0.4) is 0 Å². The third-order valence-corrected chi connectivity index (χ3v) is 7.72. The van der Waals surface area contributed by atoms with Crippen molar-refractivity contribution in [3.05, 3.63) is 70.9 Å². The number of furan rings is 1. The van der Waals surface area contributed by atoms with Crippen LogP contribution in [0, 0.1) is 0 Å². The summed E-state index contributed by atoms with van der Waals surface area (Å²) in [7, 11) is 3.16. The molecule has 5 aromatic rings. The predicted molar refractivity (Wildman–Crippen MR) is 165 cm³/mol. The fourth-order valence-electron chi connectivity index (χ4n) is 3.91. The van der Waals surface area contributed by atoms with Crippen molar-refractivity contribution in [2.75, 3.05) is 20.8 Å². The molecule has 5 rings (SSSR count). The minimum atomic E-state index is -0.535. The minimum absolute atomic E-state index is 0.195. The van der Waals surface area contributed by atoms with Gasteiger partial charge in [0.2, 0.25) is 4.96 Å². The first-order chi connectivity index (χ1) is 20.1. The van der Waals surface area contributed by atoms with Gasteiger partial charge in [0.05, 0.1) is 37.1 Å². The summed E-state index contributed by atoms with van der Waals surface area (Å²) < 4.78 is 30.0. The van der Waals surface area contributed by atoms with Crippen LogP contribution in [0.2, 0.25) is 0 Å². The Kier molecular flexibility index (Phi) is 8.55. The molecule has 42 heavy (non-hydrogen) atoms. The summed E-state index contributed by atoms with van der Waals surface area (Å²) in [6.45, 7) is 9.43. The van der Waals surface area contributed by atoms with E-state index in [4.69, 9.17) is 23.4 Å². The van der Waals surface area contributed by atoms with Crippen LogP contribution in [0.15, 0.2) is 69.2 Å². The number of hydrogen-bond donors (Lipinski definition) is 0. The molecule has 0 saturated heterocycles. The molecule has 3 heterocycles. The van der Waals surface area contributed by atoms with Crippen LogP contribution in [0.4, 0.5) is 0 Å². The number of esters is 1. The predicted octanol–water partition coefficient (Wildman–Crippen LogP) is 7.03. The highest BCUT2D eigenvalue weighted by atomic mass is 32.2. The SMILES string of the molecule is C=N/C(=C\SCc1ccc(C(=O)OC(C)(C)C)cc1)COc1cc(OC)cc2oc(-c3cn4nc(OC)sc4n3)cc12. The van der Waals surface area contributed by atoms with E-state index in [1.807, 2.05) is 44.4 Å². The van der Waals surface area contributed by atoms with Gasteiger partial charge in [-0.25, -0.2) is 14.3 Å². The highest BCUT2D eigenvalue weighted by molar-refractivity contribution is 8.01. The molecule has 0 aliphatic heterocycles. The van der Waals surface area contributed by atoms with E-state index in [1.54, 1.807) is 61.0 Å². The van der Waals surface area contributed by atoms with E-state index in [9.17, 15) is 4.79 Å². The van der Waals surface area contributed by atoms with Crippen LogP contribution in [0.1, 0.15) is 36.7 Å². The molecule has 218 valence electrons. The molecule has 0 amide bonds. The topological polar surface area (TPSA) is 110 Å². The Morgan fingerprint density at radius 3 is 2.62 bits per heavy atom. The van der Waals surface area contributed by atoms with Crippen molar-refractivity contribution in [3.63, 3.8) is 0 Å². The van der Waals surface area contributed by atoms with Gasteiger partial charge in [0.25, 0.3) is 5.19 Å². The van der Waals surface area contributed by atoms with Crippen molar-refractivity contribution in [2.45, 2.75) is 32.1 Å². The second-order valence-corrected chi connectivity index (χ2v) is 11.9. The van der Waals surface area contributed by atoms with Crippen LogP contribution >= 0.6 is 23.1 Å². The summed E-state index contributed by atoms with van der Waals surface area (Å²) in [5, 5.41) is 7.53. The molecule has 12 heteroatoms. The average molecular weight is 607 g/mol. The number of nitrogens with zero attached hydrogens (tertiary/aromatic N) is 4. The van der Waals surface area contributed by atoms with Gasteiger partial charge in [0.1, 0.15) is 35.0 Å². The number of hydrogen-bond acceptors (Lipinski definition) is 11. The third kappa shape index (κ3) is 6.77. The Balaban J connectivity index is 1.26. The van der Waals surface area contributed by atoms with Crippen molar-refractivity contribution in [3.8, 4) is 28.1 Å². The van der Waals surface area contributed by atoms with E-state index in [1.165, 1.54) is 11.3 Å². The lowest BCUT2D eigenvalue weighted by Gasteiger charge is -2.19. The number of fused-ring (bicyclic) bond motifs is 2. The lowest BCUT2D eigenvalue weighted by Crippen LogP contribution is -2.23. The molecule has 0 unspecified atom stereocenters. The van der Waals surface area contributed by atoms with Crippen molar-refractivity contribution >= 4 is 51.7 Å². The molecule has 0 aliphatic rings. The first kappa shape index (κ1) is 29.2. The highest BCUT2D eigenvalue weighted by Crippen LogP contribution is 2.37. The molecule has 0 atom stereocenters. The molecule has 0 fully saturated rings. The van der Waals surface area contributed by atoms with E-state index < -0.39 is 5.60 Å². The maximum Gasteiger partial charge on any atom is 0.338 e. The zero-order chi connectivity index (χ0) is 29.9. The normalized spacial score (nSPS) is 12.1. The number of methoxy groups -OCH3 is 2. The van der Waals surface area contributed by atoms with E-state index in [0.717, 1.165) is 10.9 Å². The standard InChI is InChI=1S/C30H30N4O6S2/c1-30(2,3)40-27(35)19-9-7-18(8-10-19)16-41-17-20(31-4)15-38-24-11-21(36-5)12-25-22(24)13-26(39-25)23-14-34-28(32-23)42-29(33-34)37-6/h7-14,17H,4,15-16H2,1-3,5-6H3/b20-17-. The number of carbonyl (C=O) groups excluding carboxylic acids is 1. The summed E-state index contributed by atoms with van der Waals surface area (Å²) in [5.41, 5.74) is 2.95. The number of aliphatic imine (C=N–C) groups is 1. The van der Waals surface area contributed by atoms with Gasteiger partial charge >= 0.3 is 5.97 Å². The summed E-state index contributed by atoms with van der Waals surface area (Å²) in [6.07, 6.45) is 1.79. The Bertz CT molecular complexity index is 1730. The van der Waals surface area contributed by atoms with Gasteiger partial charge in [0.15, 0.2) is 5.76 Å². The van der Waals surface area contributed by atoms with Gasteiger partial charge in [-0.3, -0.25) is 4.99 Å². The van der Waals surface area contributed by atoms with E-state index in [2.05, 4.69) is 21.8 Å². The second-order valence-electron chi connectivity index (χ2n) is 10.1. The summed E-state index contributed by atoms with van der Waals surface area (Å²) in [6, 6.07) is 12.9. The average Bonchev–Trinajstić information content (AvgIpc) is 3.67. The maximum atomic E-state index is 12.3. The van der Waals surface area contributed by atoms with Gasteiger partial charge in [-0.15, -0.1) is 16.9 Å². The third-order valence-electron chi connectivity index (χ3n) is 5.90. The maximum absolute atomic E-state index is 12.3. The molecule has 0 aliphatic carbocycles. The van der Waals surface area contributed by atoms with Crippen LogP contribution in [-0.4, -0.2) is 53.7 Å². The zero-order valence-electron chi connectivity index (χ0n) is 23.9. The second kappa shape index (κ2) is 12.3. The Morgan fingerprint density at radius 1 is 1.17 bits per heavy atom. The van der Waals surface area contributed by atoms with E-state index in [0.29, 0.717) is 55.7 Å². The fraction of sp³-hybridized carbons (Fsp3) is 0.267. The van der Waals surface area contributed by atoms with Gasteiger partial charge < -0.3 is 23.4 Å². The summed E-state index contributed by atoms with van der Waals surface area (Å²) in [5.74, 6) is 2.10. The molecule has 0 spiro atoms. The molecule has 10 nitrogen and oxygen atoms in total. The minimum Gasteiger partial charge on any atom is -0.496 e. The Morgan fingerprint density at radius 2 is 1.95 bits per heavy atom. The molecule has 0 saturated carbocycles. The fourth-order valence-corrected chi connectivity index (χ4v) is 5.41. The lowest BCUT2D eigenvalue weighted by atomic mass is 10.1.